The van der Waals surface area contributed by atoms with E-state index in [1.54, 1.807) is 0 Å². The van der Waals surface area contributed by atoms with E-state index in [4.69, 9.17) is 9.47 Å². The van der Waals surface area contributed by atoms with Crippen LogP contribution in [0.1, 0.15) is 202 Å². The van der Waals surface area contributed by atoms with Gasteiger partial charge < -0.3 is 9.47 Å². The molecule has 3 heteroatoms. The molecule has 2 aromatic rings. The van der Waals surface area contributed by atoms with E-state index in [0.29, 0.717) is 11.3 Å². The van der Waals surface area contributed by atoms with Gasteiger partial charge in [-0.25, -0.2) is 4.79 Å². The monoisotopic (exact) mass is 635 g/mol. The van der Waals surface area contributed by atoms with E-state index in [1.165, 1.54) is 141 Å². The van der Waals surface area contributed by atoms with Gasteiger partial charge in [-0.2, -0.15) is 0 Å². The second kappa shape index (κ2) is 27.9. The molecule has 0 saturated carbocycles. The Morgan fingerprint density at radius 2 is 0.978 bits per heavy atom. The highest BCUT2D eigenvalue weighted by molar-refractivity contribution is 5.91. The maximum atomic E-state index is 13.0. The number of rotatable bonds is 30. The van der Waals surface area contributed by atoms with Crippen molar-refractivity contribution in [2.45, 2.75) is 187 Å². The van der Waals surface area contributed by atoms with Crippen molar-refractivity contribution in [1.29, 1.82) is 0 Å². The van der Waals surface area contributed by atoms with Crippen molar-refractivity contribution in [3.63, 3.8) is 0 Å². The second-order valence-electron chi connectivity index (χ2n) is 13.7. The molecular weight excluding hydrogens is 564 g/mol. The maximum absolute atomic E-state index is 13.0. The molecule has 0 aliphatic heterocycles. The van der Waals surface area contributed by atoms with Crippen LogP contribution in [-0.2, 0) is 11.2 Å². The van der Waals surface area contributed by atoms with Crippen LogP contribution in [0.4, 0.5) is 0 Å². The van der Waals surface area contributed by atoms with Gasteiger partial charge in [0.2, 0.25) is 0 Å². The van der Waals surface area contributed by atoms with Gasteiger partial charge in [-0.1, -0.05) is 185 Å². The van der Waals surface area contributed by atoms with Crippen molar-refractivity contribution in [2.24, 2.45) is 0 Å². The summed E-state index contributed by atoms with van der Waals surface area (Å²) in [6.45, 7) is 7.45. The van der Waals surface area contributed by atoms with Crippen LogP contribution >= 0.6 is 0 Å². The van der Waals surface area contributed by atoms with Crippen molar-refractivity contribution in [1.82, 2.24) is 0 Å². The summed E-state index contributed by atoms with van der Waals surface area (Å²) in [7, 11) is 0. The van der Waals surface area contributed by atoms with Crippen molar-refractivity contribution in [2.75, 3.05) is 6.61 Å². The molecule has 0 heterocycles. The average Bonchev–Trinajstić information content (AvgIpc) is 3.08. The number of unbranched alkanes of at least 4 members (excludes halogenated alkanes) is 22. The van der Waals surface area contributed by atoms with Crippen molar-refractivity contribution >= 4 is 5.97 Å². The van der Waals surface area contributed by atoms with Gasteiger partial charge in [-0.15, -0.1) is 0 Å². The highest BCUT2D eigenvalue weighted by atomic mass is 16.5. The van der Waals surface area contributed by atoms with Crippen LogP contribution in [0.25, 0.3) is 0 Å². The summed E-state index contributed by atoms with van der Waals surface area (Å²) in [5.41, 5.74) is 2.80. The molecule has 0 bridgehead atoms. The van der Waals surface area contributed by atoms with Crippen LogP contribution in [0.2, 0.25) is 0 Å². The van der Waals surface area contributed by atoms with Gasteiger partial charge in [-0.3, -0.25) is 0 Å². The Bertz CT molecular complexity index is 982. The summed E-state index contributed by atoms with van der Waals surface area (Å²) in [5, 5.41) is 0. The lowest BCUT2D eigenvalue weighted by molar-refractivity contribution is 0.0626. The number of benzene rings is 2. The molecule has 0 radical (unpaired) electrons. The van der Waals surface area contributed by atoms with Crippen LogP contribution in [0.3, 0.4) is 0 Å². The molecule has 0 spiro atoms. The van der Waals surface area contributed by atoms with Gasteiger partial charge >= 0.3 is 5.97 Å². The molecule has 0 aliphatic rings. The maximum Gasteiger partial charge on any atom is 0.343 e. The van der Waals surface area contributed by atoms with E-state index in [0.717, 1.165) is 37.0 Å². The lowest BCUT2D eigenvalue weighted by atomic mass is 10.0. The number of carbonyl (C=O) groups excluding carboxylic acids is 1. The normalized spacial score (nSPS) is 12.0. The first kappa shape index (κ1) is 40.0. The Kier molecular flexibility index (Phi) is 24.3. The molecule has 0 fully saturated rings. The summed E-state index contributed by atoms with van der Waals surface area (Å²) in [6.07, 6.45) is 33.3. The predicted octanol–water partition coefficient (Wildman–Crippen LogP) is 13.9. The topological polar surface area (TPSA) is 35.5 Å². The van der Waals surface area contributed by atoms with E-state index >= 15 is 0 Å². The first-order chi connectivity index (χ1) is 22.7. The number of hydrogen-bond donors (Lipinski definition) is 0. The van der Waals surface area contributed by atoms with Gasteiger partial charge in [0.1, 0.15) is 5.75 Å². The third-order valence-electron chi connectivity index (χ3n) is 9.46. The molecule has 2 rings (SSSR count). The summed E-state index contributed by atoms with van der Waals surface area (Å²) < 4.78 is 12.0. The first-order valence-corrected chi connectivity index (χ1v) is 19.7. The van der Waals surface area contributed by atoms with Crippen molar-refractivity contribution in [3.05, 3.63) is 65.2 Å². The van der Waals surface area contributed by atoms with Gasteiger partial charge in [0.05, 0.1) is 11.7 Å². The van der Waals surface area contributed by atoms with E-state index in [1.807, 2.05) is 42.5 Å². The minimum absolute atomic E-state index is 0.0221. The highest BCUT2D eigenvalue weighted by Gasteiger charge is 2.13. The minimum atomic E-state index is -0.293. The highest BCUT2D eigenvalue weighted by Crippen LogP contribution is 2.24. The molecule has 0 N–H and O–H groups in total. The smallest absolute Gasteiger partial charge is 0.343 e. The molecule has 1 atom stereocenters. The molecule has 0 saturated heterocycles. The number of ether oxygens (including phenoxy) is 2. The summed E-state index contributed by atoms with van der Waals surface area (Å²) in [5.74, 6) is 0.399. The van der Waals surface area contributed by atoms with Crippen LogP contribution in [-0.4, -0.2) is 12.6 Å². The van der Waals surface area contributed by atoms with E-state index in [9.17, 15) is 4.79 Å². The fourth-order valence-corrected chi connectivity index (χ4v) is 6.31. The van der Waals surface area contributed by atoms with E-state index in [-0.39, 0.29) is 12.1 Å². The third-order valence-corrected chi connectivity index (χ3v) is 9.46. The van der Waals surface area contributed by atoms with Crippen LogP contribution in [0.15, 0.2) is 48.5 Å². The fourth-order valence-electron chi connectivity index (χ4n) is 6.31. The van der Waals surface area contributed by atoms with Crippen LogP contribution in [0.5, 0.6) is 5.75 Å². The number of esters is 1. The van der Waals surface area contributed by atoms with Gasteiger partial charge in [0.15, 0.2) is 0 Å². The van der Waals surface area contributed by atoms with Gasteiger partial charge in [-0.05, 0) is 55.5 Å². The van der Waals surface area contributed by atoms with Crippen molar-refractivity contribution < 1.29 is 14.3 Å². The Morgan fingerprint density at radius 1 is 0.543 bits per heavy atom. The predicted molar refractivity (Wildman–Crippen MR) is 198 cm³/mol. The zero-order valence-electron chi connectivity index (χ0n) is 30.3. The van der Waals surface area contributed by atoms with E-state index in [2.05, 4.69) is 26.8 Å². The lowest BCUT2D eigenvalue weighted by Crippen LogP contribution is -2.10. The average molecular weight is 635 g/mol. The van der Waals surface area contributed by atoms with Crippen LogP contribution < -0.4 is 4.74 Å². The number of para-hydroxylation sites is 1. The minimum Gasteiger partial charge on any atom is -0.423 e. The molecule has 0 amide bonds. The van der Waals surface area contributed by atoms with E-state index < -0.39 is 0 Å². The quantitative estimate of drug-likeness (QED) is 0.0487. The Hall–Kier alpha value is -2.13. The Labute approximate surface area is 284 Å². The zero-order valence-corrected chi connectivity index (χ0v) is 30.3. The molecule has 2 aromatic carbocycles. The summed E-state index contributed by atoms with van der Waals surface area (Å²) in [6, 6.07) is 15.7. The number of hydrogen-bond acceptors (Lipinski definition) is 3. The molecular formula is C43H70O3. The zero-order chi connectivity index (χ0) is 32.9. The summed E-state index contributed by atoms with van der Waals surface area (Å²) >= 11 is 0. The number of aryl methyl sites for hydroxylation is 1. The molecule has 46 heavy (non-hydrogen) atoms. The molecule has 1 unspecified atom stereocenters. The SMILES string of the molecule is CCCCCCCCCCCCCCCCOC(C)c1ccc(C(=O)Oc2ccccc2CCCCCCCCCCCC)cc1. The fraction of sp³-hybridized carbons (Fsp3) is 0.698. The van der Waals surface area contributed by atoms with Crippen molar-refractivity contribution in [3.8, 4) is 5.75 Å². The molecule has 260 valence electrons. The molecule has 0 aromatic heterocycles. The van der Waals surface area contributed by atoms with Crippen LogP contribution in [0, 0.1) is 0 Å². The summed E-state index contributed by atoms with van der Waals surface area (Å²) in [4.78, 5) is 13.0. The first-order valence-electron chi connectivity index (χ1n) is 19.7. The van der Waals surface area contributed by atoms with Gasteiger partial charge in [0.25, 0.3) is 0 Å². The standard InChI is InChI=1S/C43H70O3/c1-4-6-8-10-12-14-16-17-18-19-21-23-25-29-37-45-38(3)39-33-35-41(36-34-39)43(44)46-42-32-28-27-31-40(42)30-26-24-22-20-15-13-11-9-7-5-2/h27-28,31-36,38H,4-26,29-30,37H2,1-3H3. The van der Waals surface area contributed by atoms with Gasteiger partial charge in [0, 0.05) is 6.61 Å². The number of carbonyl (C=O) groups is 1. The lowest BCUT2D eigenvalue weighted by Gasteiger charge is -2.14. The Balaban J connectivity index is 1.56. The second-order valence-corrected chi connectivity index (χ2v) is 13.7. The third kappa shape index (κ3) is 19.5. The largest absolute Gasteiger partial charge is 0.423 e. The molecule has 0 aliphatic carbocycles. The molecule has 3 nitrogen and oxygen atoms in total. The Morgan fingerprint density at radius 3 is 1.48 bits per heavy atom.